The maximum Gasteiger partial charge on any atom is 0.283 e. The van der Waals surface area contributed by atoms with E-state index < -0.39 is 16.5 Å². The van der Waals surface area contributed by atoms with Crippen LogP contribution in [-0.2, 0) is 6.54 Å². The largest absolute Gasteiger partial charge is 0.492 e. The van der Waals surface area contributed by atoms with Gasteiger partial charge in [0.2, 0.25) is 0 Å². The molecule has 4 rings (SSSR count). The van der Waals surface area contributed by atoms with Crippen LogP contribution in [-0.4, -0.2) is 47.1 Å². The van der Waals surface area contributed by atoms with Crippen molar-refractivity contribution in [2.75, 3.05) is 26.2 Å². The Morgan fingerprint density at radius 3 is 2.69 bits per heavy atom. The number of rotatable bonds is 9. The Kier molecular flexibility index (Phi) is 7.92. The predicted octanol–water partition coefficient (Wildman–Crippen LogP) is 4.16. The molecule has 0 atom stereocenters. The van der Waals surface area contributed by atoms with Gasteiger partial charge in [-0.3, -0.25) is 19.8 Å². The number of carbonyl (C=O) groups excluding carboxylic acids is 1. The van der Waals surface area contributed by atoms with E-state index >= 15 is 0 Å². The molecule has 2 aromatic carbocycles. The molecule has 1 aliphatic rings. The third-order valence-corrected chi connectivity index (χ3v) is 6.23. The Hall–Kier alpha value is -4.23. The summed E-state index contributed by atoms with van der Waals surface area (Å²) in [7, 11) is 0. The maximum atomic E-state index is 12.8. The Morgan fingerprint density at radius 2 is 2.03 bits per heavy atom. The highest BCUT2D eigenvalue weighted by atomic mass is 16.6. The van der Waals surface area contributed by atoms with Crippen molar-refractivity contribution in [3.8, 4) is 23.1 Å². The summed E-state index contributed by atoms with van der Waals surface area (Å²) in [5.41, 5.74) is 1.32. The second kappa shape index (κ2) is 11.5. The molecule has 1 aromatic heterocycles. The summed E-state index contributed by atoms with van der Waals surface area (Å²) in [4.78, 5) is 25.9. The molecule has 1 amide bonds. The number of nitro groups is 1. The first-order valence-corrected chi connectivity index (χ1v) is 11.8. The molecular weight excluding hydrogens is 462 g/mol. The lowest BCUT2D eigenvalue weighted by Crippen LogP contribution is -2.38. The Labute approximate surface area is 208 Å². The fourth-order valence-corrected chi connectivity index (χ4v) is 4.30. The lowest BCUT2D eigenvalue weighted by atomic mass is 9.96. The van der Waals surface area contributed by atoms with E-state index in [4.69, 9.17) is 9.26 Å². The zero-order valence-corrected chi connectivity index (χ0v) is 20.0. The molecule has 10 nitrogen and oxygen atoms in total. The first-order valence-electron chi connectivity index (χ1n) is 11.8. The highest BCUT2D eigenvalue weighted by molar-refractivity contribution is 5.99. The van der Waals surface area contributed by atoms with Gasteiger partial charge in [-0.05, 0) is 38.8 Å². The molecule has 186 valence electrons. The average Bonchev–Trinajstić information content (AvgIpc) is 3.37. The van der Waals surface area contributed by atoms with E-state index in [1.807, 2.05) is 42.5 Å². The summed E-state index contributed by atoms with van der Waals surface area (Å²) in [5, 5.41) is 27.7. The van der Waals surface area contributed by atoms with Crippen LogP contribution in [0.4, 0.5) is 5.69 Å². The second-order valence-corrected chi connectivity index (χ2v) is 8.64. The van der Waals surface area contributed by atoms with Crippen molar-refractivity contribution < 1.29 is 19.0 Å². The van der Waals surface area contributed by atoms with Crippen LogP contribution in [0.3, 0.4) is 0 Å². The van der Waals surface area contributed by atoms with Crippen LogP contribution in [0.15, 0.2) is 53.1 Å². The standard InChI is InChI=1S/C26H27N5O5/c1-2-35-25-14-22(24(31(33)34)12-20(25)15-27)26(32)28-16-18-8-10-30(11-9-18)17-21-13-23(29-36-21)19-6-4-3-5-7-19/h3-7,12-14,18H,2,8-11,16-17H2,1H3,(H,28,32). The first-order chi connectivity index (χ1) is 17.5. The smallest absolute Gasteiger partial charge is 0.283 e. The zero-order chi connectivity index (χ0) is 25.5. The minimum Gasteiger partial charge on any atom is -0.492 e. The minimum atomic E-state index is -0.656. The molecular formula is C26H27N5O5. The first kappa shape index (κ1) is 24.9. The summed E-state index contributed by atoms with van der Waals surface area (Å²) in [6.07, 6.45) is 1.75. The lowest BCUT2D eigenvalue weighted by Gasteiger charge is -2.31. The Balaban J connectivity index is 1.31. The van der Waals surface area contributed by atoms with Crippen molar-refractivity contribution in [3.63, 3.8) is 0 Å². The normalized spacial score (nSPS) is 14.2. The SMILES string of the molecule is CCOc1cc(C(=O)NCC2CCN(Cc3cc(-c4ccccc4)no3)CC2)c([N+](=O)[O-])cc1C#N. The van der Waals surface area contributed by atoms with Gasteiger partial charge in [-0.15, -0.1) is 0 Å². The number of hydrogen-bond donors (Lipinski definition) is 1. The van der Waals surface area contributed by atoms with Crippen molar-refractivity contribution in [1.29, 1.82) is 5.26 Å². The van der Waals surface area contributed by atoms with Crippen molar-refractivity contribution in [2.24, 2.45) is 5.92 Å². The van der Waals surface area contributed by atoms with Gasteiger partial charge >= 0.3 is 0 Å². The van der Waals surface area contributed by atoms with E-state index in [9.17, 15) is 20.2 Å². The summed E-state index contributed by atoms with van der Waals surface area (Å²) in [6, 6.07) is 16.1. The van der Waals surface area contributed by atoms with E-state index in [1.165, 1.54) is 6.07 Å². The fraction of sp³-hybridized carbons (Fsp3) is 0.346. The number of nitrogens with zero attached hydrogens (tertiary/aromatic N) is 4. The Morgan fingerprint density at radius 1 is 1.28 bits per heavy atom. The van der Waals surface area contributed by atoms with Gasteiger partial charge in [0.05, 0.1) is 18.1 Å². The number of ether oxygens (including phenoxy) is 1. The molecule has 3 aromatic rings. The van der Waals surface area contributed by atoms with E-state index in [1.54, 1.807) is 6.92 Å². The van der Waals surface area contributed by atoms with Gasteiger partial charge in [0.15, 0.2) is 5.76 Å². The number of benzene rings is 2. The zero-order valence-electron chi connectivity index (χ0n) is 20.0. The molecule has 1 fully saturated rings. The van der Waals surface area contributed by atoms with Crippen LogP contribution >= 0.6 is 0 Å². The summed E-state index contributed by atoms with van der Waals surface area (Å²) in [6.45, 7) is 4.76. The van der Waals surface area contributed by atoms with Crippen LogP contribution in [0, 0.1) is 27.4 Å². The quantitative estimate of drug-likeness (QED) is 0.350. The molecule has 1 saturated heterocycles. The number of carbonyl (C=O) groups is 1. The van der Waals surface area contributed by atoms with Crippen LogP contribution in [0.1, 0.15) is 41.4 Å². The average molecular weight is 490 g/mol. The number of aromatic nitrogens is 1. The Bertz CT molecular complexity index is 1260. The van der Waals surface area contributed by atoms with Gasteiger partial charge in [-0.2, -0.15) is 5.26 Å². The van der Waals surface area contributed by atoms with Gasteiger partial charge in [0.25, 0.3) is 11.6 Å². The maximum absolute atomic E-state index is 12.8. The molecule has 36 heavy (non-hydrogen) atoms. The van der Waals surface area contributed by atoms with E-state index in [-0.39, 0.29) is 29.4 Å². The molecule has 1 N–H and O–H groups in total. The topological polar surface area (TPSA) is 135 Å². The number of likely N-dealkylation sites (tertiary alicyclic amines) is 1. The summed E-state index contributed by atoms with van der Waals surface area (Å²) < 4.78 is 10.9. The highest BCUT2D eigenvalue weighted by Crippen LogP contribution is 2.29. The molecule has 10 heteroatoms. The second-order valence-electron chi connectivity index (χ2n) is 8.64. The van der Waals surface area contributed by atoms with Gasteiger partial charge in [0, 0.05) is 30.3 Å². The number of nitro benzene ring substituents is 1. The molecule has 0 unspecified atom stereocenters. The van der Waals surface area contributed by atoms with Gasteiger partial charge in [-0.25, -0.2) is 0 Å². The molecule has 0 spiro atoms. The van der Waals surface area contributed by atoms with Crippen LogP contribution < -0.4 is 10.1 Å². The van der Waals surface area contributed by atoms with Gasteiger partial charge in [0.1, 0.15) is 28.6 Å². The van der Waals surface area contributed by atoms with Crippen molar-refractivity contribution in [1.82, 2.24) is 15.4 Å². The third kappa shape index (κ3) is 5.87. The number of amides is 1. The van der Waals surface area contributed by atoms with Crippen LogP contribution in [0.5, 0.6) is 5.75 Å². The molecule has 0 radical (unpaired) electrons. The summed E-state index contributed by atoms with van der Waals surface area (Å²) in [5.74, 6) is 0.666. The van der Waals surface area contributed by atoms with Crippen molar-refractivity contribution >= 4 is 11.6 Å². The molecule has 2 heterocycles. The van der Waals surface area contributed by atoms with E-state index in [0.29, 0.717) is 13.1 Å². The van der Waals surface area contributed by atoms with Gasteiger partial charge in [-0.1, -0.05) is 35.5 Å². The van der Waals surface area contributed by atoms with Gasteiger partial charge < -0.3 is 14.6 Å². The van der Waals surface area contributed by atoms with Crippen molar-refractivity contribution in [2.45, 2.75) is 26.3 Å². The molecule has 1 aliphatic heterocycles. The number of hydrogen-bond acceptors (Lipinski definition) is 8. The highest BCUT2D eigenvalue weighted by Gasteiger charge is 2.26. The van der Waals surface area contributed by atoms with E-state index in [0.717, 1.165) is 49.0 Å². The fourth-order valence-electron chi connectivity index (χ4n) is 4.30. The molecule has 0 aliphatic carbocycles. The molecule has 0 bridgehead atoms. The monoisotopic (exact) mass is 489 g/mol. The van der Waals surface area contributed by atoms with Crippen molar-refractivity contribution in [3.05, 3.63) is 75.5 Å². The minimum absolute atomic E-state index is 0.0233. The third-order valence-electron chi connectivity index (χ3n) is 6.23. The number of nitrogens with one attached hydrogen (secondary N) is 1. The lowest BCUT2D eigenvalue weighted by molar-refractivity contribution is -0.385. The van der Waals surface area contributed by atoms with E-state index in [2.05, 4.69) is 15.4 Å². The summed E-state index contributed by atoms with van der Waals surface area (Å²) >= 11 is 0. The van der Waals surface area contributed by atoms with Crippen LogP contribution in [0.25, 0.3) is 11.3 Å². The molecule has 0 saturated carbocycles. The number of piperidine rings is 1. The predicted molar refractivity (Wildman–Crippen MR) is 131 cm³/mol. The van der Waals surface area contributed by atoms with Crippen LogP contribution in [0.2, 0.25) is 0 Å². The number of nitriles is 1.